The van der Waals surface area contributed by atoms with Crippen LogP contribution >= 0.6 is 11.8 Å². The number of benzene rings is 2. The van der Waals surface area contributed by atoms with Crippen molar-refractivity contribution in [3.8, 4) is 11.5 Å². The molecule has 1 N–H and O–H groups in total. The number of rotatable bonds is 5. The lowest BCUT2D eigenvalue weighted by atomic mass is 10.1. The normalized spacial score (nSPS) is 10.9. The van der Waals surface area contributed by atoms with Crippen LogP contribution in [0.2, 0.25) is 0 Å². The van der Waals surface area contributed by atoms with Crippen molar-refractivity contribution in [1.29, 1.82) is 0 Å². The van der Waals surface area contributed by atoms with Gasteiger partial charge in [-0.2, -0.15) is 0 Å². The highest BCUT2D eigenvalue weighted by atomic mass is 32.2. The zero-order valence-electron chi connectivity index (χ0n) is 11.0. The summed E-state index contributed by atoms with van der Waals surface area (Å²) in [5, 5.41) is 19.2. The summed E-state index contributed by atoms with van der Waals surface area (Å²) in [4.78, 5) is 10.5. The fraction of sp³-hybridized carbons (Fsp3) is 0.133. The number of hydrogen-bond acceptors (Lipinski definition) is 5. The first-order valence-corrected chi connectivity index (χ1v) is 7.38. The summed E-state index contributed by atoms with van der Waals surface area (Å²) < 4.78 is 5.55. The summed E-state index contributed by atoms with van der Waals surface area (Å²) in [6, 6.07) is 14.0. The van der Waals surface area contributed by atoms with Crippen LogP contribution < -0.4 is 0 Å². The molecule has 0 saturated carbocycles. The number of aromatic nitrogens is 2. The van der Waals surface area contributed by atoms with Crippen LogP contribution in [0.3, 0.4) is 0 Å². The van der Waals surface area contributed by atoms with Gasteiger partial charge < -0.3 is 9.52 Å². The molecule has 0 saturated heterocycles. The molecule has 3 aromatic rings. The molecule has 5 nitrogen and oxygen atoms in total. The Labute approximate surface area is 125 Å². The Balaban J connectivity index is 1.79. The summed E-state index contributed by atoms with van der Waals surface area (Å²) in [5.74, 6) is 0.0182. The minimum absolute atomic E-state index is 0.0678. The highest BCUT2D eigenvalue weighted by Crippen LogP contribution is 2.26. The molecule has 0 fully saturated rings. The van der Waals surface area contributed by atoms with Gasteiger partial charge in [-0.05, 0) is 22.9 Å². The van der Waals surface area contributed by atoms with Crippen LogP contribution in [0.1, 0.15) is 6.42 Å². The van der Waals surface area contributed by atoms with E-state index < -0.39 is 5.97 Å². The fourth-order valence-electron chi connectivity index (χ4n) is 1.93. The molecule has 0 aliphatic rings. The Morgan fingerprint density at radius 3 is 2.76 bits per heavy atom. The summed E-state index contributed by atoms with van der Waals surface area (Å²) in [7, 11) is 0. The van der Waals surface area contributed by atoms with Crippen molar-refractivity contribution in [2.24, 2.45) is 0 Å². The lowest BCUT2D eigenvalue weighted by Gasteiger charge is -1.99. The number of carboxylic acid groups (broad SMARTS) is 1. The summed E-state index contributed by atoms with van der Waals surface area (Å²) in [6.45, 7) is 0. The maximum absolute atomic E-state index is 10.5. The number of thioether (sulfide) groups is 1. The van der Waals surface area contributed by atoms with Crippen molar-refractivity contribution in [2.75, 3.05) is 5.75 Å². The smallest absolute Gasteiger partial charge is 0.304 e. The third kappa shape index (κ3) is 3.22. The van der Waals surface area contributed by atoms with Gasteiger partial charge in [-0.1, -0.05) is 42.1 Å². The predicted octanol–water partition coefficient (Wildman–Crippen LogP) is 3.46. The molecule has 1 heterocycles. The minimum Gasteiger partial charge on any atom is -0.481 e. The first kappa shape index (κ1) is 13.6. The van der Waals surface area contributed by atoms with Crippen LogP contribution in [0.15, 0.2) is 52.1 Å². The van der Waals surface area contributed by atoms with Crippen molar-refractivity contribution < 1.29 is 14.3 Å². The number of hydrogen-bond donors (Lipinski definition) is 1. The van der Waals surface area contributed by atoms with E-state index in [1.807, 2.05) is 42.5 Å². The molecule has 0 radical (unpaired) electrons. The average Bonchev–Trinajstić information content (AvgIpc) is 2.95. The second-order valence-electron chi connectivity index (χ2n) is 4.43. The van der Waals surface area contributed by atoms with Gasteiger partial charge in [0.25, 0.3) is 5.22 Å². The van der Waals surface area contributed by atoms with Crippen LogP contribution in [0.25, 0.3) is 22.2 Å². The standard InChI is InChI=1S/C15H12N2O3S/c18-13(19)7-8-21-15-17-16-14(20-15)12-6-5-10-3-1-2-4-11(10)9-12/h1-6,9H,7-8H2,(H,18,19). The van der Waals surface area contributed by atoms with Crippen molar-refractivity contribution in [1.82, 2.24) is 10.2 Å². The first-order valence-electron chi connectivity index (χ1n) is 6.39. The van der Waals surface area contributed by atoms with Crippen molar-refractivity contribution in [2.45, 2.75) is 11.6 Å². The zero-order valence-corrected chi connectivity index (χ0v) is 11.8. The Morgan fingerprint density at radius 2 is 1.95 bits per heavy atom. The predicted molar refractivity (Wildman–Crippen MR) is 80.2 cm³/mol. The third-order valence-corrected chi connectivity index (χ3v) is 3.76. The van der Waals surface area contributed by atoms with Crippen molar-refractivity contribution in [3.63, 3.8) is 0 Å². The monoisotopic (exact) mass is 300 g/mol. The molecule has 0 spiro atoms. The van der Waals surface area contributed by atoms with E-state index in [1.54, 1.807) is 0 Å². The van der Waals surface area contributed by atoms with Gasteiger partial charge in [0.05, 0.1) is 6.42 Å². The molecule has 106 valence electrons. The lowest BCUT2D eigenvalue weighted by molar-refractivity contribution is -0.136. The Morgan fingerprint density at radius 1 is 1.14 bits per heavy atom. The molecule has 6 heteroatoms. The van der Waals surface area contributed by atoms with E-state index in [2.05, 4.69) is 10.2 Å². The van der Waals surface area contributed by atoms with E-state index in [9.17, 15) is 4.79 Å². The number of fused-ring (bicyclic) bond motifs is 1. The Kier molecular flexibility index (Phi) is 3.87. The average molecular weight is 300 g/mol. The zero-order chi connectivity index (χ0) is 14.7. The highest BCUT2D eigenvalue weighted by molar-refractivity contribution is 7.99. The van der Waals surface area contributed by atoms with E-state index in [0.717, 1.165) is 16.3 Å². The number of nitrogens with zero attached hydrogens (tertiary/aromatic N) is 2. The molecule has 0 aliphatic carbocycles. The van der Waals surface area contributed by atoms with Crippen LogP contribution in [0.5, 0.6) is 0 Å². The van der Waals surface area contributed by atoms with Gasteiger partial charge >= 0.3 is 5.97 Å². The van der Waals surface area contributed by atoms with Gasteiger partial charge in [0.2, 0.25) is 5.89 Å². The van der Waals surface area contributed by atoms with Gasteiger partial charge in [0.1, 0.15) is 0 Å². The van der Waals surface area contributed by atoms with Crippen LogP contribution in [0.4, 0.5) is 0 Å². The van der Waals surface area contributed by atoms with E-state index in [0.29, 0.717) is 16.9 Å². The van der Waals surface area contributed by atoms with Crippen LogP contribution in [-0.2, 0) is 4.79 Å². The van der Waals surface area contributed by atoms with E-state index in [1.165, 1.54) is 11.8 Å². The topological polar surface area (TPSA) is 76.2 Å². The molecule has 1 aromatic heterocycles. The fourth-order valence-corrected chi connectivity index (χ4v) is 2.62. The van der Waals surface area contributed by atoms with Gasteiger partial charge in [-0.25, -0.2) is 0 Å². The summed E-state index contributed by atoms with van der Waals surface area (Å²) in [6.07, 6.45) is 0.0678. The molecule has 0 unspecified atom stereocenters. The number of aliphatic carboxylic acids is 1. The molecule has 0 bridgehead atoms. The molecular formula is C15H12N2O3S. The van der Waals surface area contributed by atoms with Gasteiger partial charge in [-0.3, -0.25) is 4.79 Å². The lowest BCUT2D eigenvalue weighted by Crippen LogP contribution is -1.95. The van der Waals surface area contributed by atoms with Crippen molar-refractivity contribution in [3.05, 3.63) is 42.5 Å². The quantitative estimate of drug-likeness (QED) is 0.727. The maximum atomic E-state index is 10.5. The minimum atomic E-state index is -0.836. The van der Waals surface area contributed by atoms with Crippen LogP contribution in [0, 0.1) is 0 Å². The molecule has 2 aromatic carbocycles. The molecule has 21 heavy (non-hydrogen) atoms. The largest absolute Gasteiger partial charge is 0.481 e. The SMILES string of the molecule is O=C(O)CCSc1nnc(-c2ccc3ccccc3c2)o1. The second-order valence-corrected chi connectivity index (χ2v) is 5.47. The van der Waals surface area contributed by atoms with E-state index >= 15 is 0 Å². The third-order valence-electron chi connectivity index (χ3n) is 2.94. The molecule has 0 atom stereocenters. The maximum Gasteiger partial charge on any atom is 0.304 e. The van der Waals surface area contributed by atoms with Crippen molar-refractivity contribution >= 4 is 28.5 Å². The molecular weight excluding hydrogens is 288 g/mol. The Hall–Kier alpha value is -2.34. The van der Waals surface area contributed by atoms with E-state index in [-0.39, 0.29) is 6.42 Å². The molecule has 0 aliphatic heterocycles. The summed E-state index contributed by atoms with van der Waals surface area (Å²) >= 11 is 1.25. The van der Waals surface area contributed by atoms with E-state index in [4.69, 9.17) is 9.52 Å². The molecule has 3 rings (SSSR count). The highest BCUT2D eigenvalue weighted by Gasteiger charge is 2.10. The van der Waals surface area contributed by atoms with Gasteiger partial charge in [0, 0.05) is 11.3 Å². The van der Waals surface area contributed by atoms with Gasteiger partial charge in [0.15, 0.2) is 0 Å². The number of carboxylic acids is 1. The molecule has 0 amide bonds. The Bertz CT molecular complexity index is 785. The first-order chi connectivity index (χ1) is 10.2. The summed E-state index contributed by atoms with van der Waals surface area (Å²) in [5.41, 5.74) is 0.853. The second kappa shape index (κ2) is 5.97. The number of carbonyl (C=O) groups is 1. The van der Waals surface area contributed by atoms with Gasteiger partial charge in [-0.15, -0.1) is 10.2 Å². The van der Waals surface area contributed by atoms with Crippen LogP contribution in [-0.4, -0.2) is 27.0 Å².